The van der Waals surface area contributed by atoms with Gasteiger partial charge in [0.25, 0.3) is 11.8 Å². The van der Waals surface area contributed by atoms with Crippen molar-refractivity contribution >= 4 is 17.5 Å². The van der Waals surface area contributed by atoms with Gasteiger partial charge < -0.3 is 19.7 Å². The van der Waals surface area contributed by atoms with Crippen molar-refractivity contribution in [1.29, 1.82) is 0 Å². The summed E-state index contributed by atoms with van der Waals surface area (Å²) < 4.78 is 11.1. The molecule has 2 amide bonds. The molecule has 0 atom stereocenters. The molecular formula is C20H22N2O4. The fourth-order valence-corrected chi connectivity index (χ4v) is 2.79. The molecule has 0 radical (unpaired) electrons. The van der Waals surface area contributed by atoms with Crippen LogP contribution in [0.1, 0.15) is 22.8 Å². The number of benzene rings is 2. The fourth-order valence-electron chi connectivity index (χ4n) is 2.79. The van der Waals surface area contributed by atoms with Crippen LogP contribution in [0.3, 0.4) is 0 Å². The van der Waals surface area contributed by atoms with Crippen LogP contribution in [0.2, 0.25) is 0 Å². The molecule has 136 valence electrons. The second kappa shape index (κ2) is 7.91. The molecule has 26 heavy (non-hydrogen) atoms. The number of rotatable bonds is 5. The van der Waals surface area contributed by atoms with Gasteiger partial charge in [0.05, 0.1) is 12.1 Å². The molecule has 1 N–H and O–H groups in total. The van der Waals surface area contributed by atoms with Gasteiger partial charge in [-0.1, -0.05) is 12.1 Å². The van der Waals surface area contributed by atoms with Crippen LogP contribution in [0.4, 0.5) is 5.69 Å². The maximum absolute atomic E-state index is 12.6. The van der Waals surface area contributed by atoms with Gasteiger partial charge in [0, 0.05) is 12.2 Å². The van der Waals surface area contributed by atoms with Crippen molar-refractivity contribution in [2.45, 2.75) is 13.8 Å². The smallest absolute Gasteiger partial charge is 0.262 e. The number of amides is 2. The van der Waals surface area contributed by atoms with Gasteiger partial charge >= 0.3 is 0 Å². The van der Waals surface area contributed by atoms with Crippen molar-refractivity contribution in [1.82, 2.24) is 4.90 Å². The molecule has 2 aromatic rings. The lowest BCUT2D eigenvalue weighted by Crippen LogP contribution is -2.32. The molecule has 0 aromatic heterocycles. The minimum absolute atomic E-state index is 0.0906. The summed E-state index contributed by atoms with van der Waals surface area (Å²) in [6, 6.07) is 12.6. The summed E-state index contributed by atoms with van der Waals surface area (Å²) in [5, 5.41) is 2.76. The first-order chi connectivity index (χ1) is 12.6. The van der Waals surface area contributed by atoms with E-state index in [1.165, 1.54) is 0 Å². The van der Waals surface area contributed by atoms with Crippen molar-refractivity contribution in [2.75, 3.05) is 31.6 Å². The zero-order chi connectivity index (χ0) is 18.5. The molecule has 0 saturated carbocycles. The molecule has 0 unspecified atom stereocenters. The molecule has 0 saturated heterocycles. The molecule has 2 aromatic carbocycles. The summed E-state index contributed by atoms with van der Waals surface area (Å²) >= 11 is 0. The first-order valence-electron chi connectivity index (χ1n) is 8.62. The highest BCUT2D eigenvalue weighted by atomic mass is 16.5. The number of fused-ring (bicyclic) bond motifs is 1. The number of carbonyl (C=O) groups excluding carboxylic acids is 2. The molecular weight excluding hydrogens is 332 g/mol. The van der Waals surface area contributed by atoms with E-state index in [2.05, 4.69) is 5.32 Å². The molecule has 3 rings (SSSR count). The van der Waals surface area contributed by atoms with Crippen LogP contribution in [0.5, 0.6) is 11.5 Å². The van der Waals surface area contributed by atoms with Crippen LogP contribution in [0.15, 0.2) is 42.5 Å². The van der Waals surface area contributed by atoms with E-state index in [1.54, 1.807) is 29.2 Å². The molecule has 6 heteroatoms. The Morgan fingerprint density at radius 1 is 1.27 bits per heavy atom. The number of hydrogen-bond acceptors (Lipinski definition) is 4. The normalized spacial score (nSPS) is 13.5. The summed E-state index contributed by atoms with van der Waals surface area (Å²) in [4.78, 5) is 26.4. The van der Waals surface area contributed by atoms with Crippen LogP contribution < -0.4 is 14.8 Å². The Balaban J connectivity index is 1.66. The van der Waals surface area contributed by atoms with Gasteiger partial charge in [0.1, 0.15) is 18.1 Å². The number of nitrogens with one attached hydrogen (secondary N) is 1. The molecule has 1 heterocycles. The topological polar surface area (TPSA) is 67.9 Å². The molecule has 0 bridgehead atoms. The van der Waals surface area contributed by atoms with E-state index in [4.69, 9.17) is 9.47 Å². The third-order valence-electron chi connectivity index (χ3n) is 4.14. The Bertz CT molecular complexity index is 819. The molecule has 6 nitrogen and oxygen atoms in total. The number of likely N-dealkylation sites (N-methyl/N-ethyl adjacent to an activating group) is 1. The van der Waals surface area contributed by atoms with Gasteiger partial charge in [-0.2, -0.15) is 0 Å². The number of aryl methyl sites for hydroxylation is 1. The Hall–Kier alpha value is -3.02. The number of carbonyl (C=O) groups is 2. The molecule has 1 aliphatic rings. The lowest BCUT2D eigenvalue weighted by Gasteiger charge is -2.17. The highest BCUT2D eigenvalue weighted by Gasteiger charge is 2.23. The maximum atomic E-state index is 12.6. The molecule has 0 aliphatic carbocycles. The van der Waals surface area contributed by atoms with Crippen molar-refractivity contribution < 1.29 is 19.1 Å². The molecule has 1 aliphatic heterocycles. The highest BCUT2D eigenvalue weighted by molar-refractivity contribution is 6.00. The summed E-state index contributed by atoms with van der Waals surface area (Å²) in [5.41, 5.74) is 2.06. The van der Waals surface area contributed by atoms with Gasteiger partial charge in [0.2, 0.25) is 0 Å². The second-order valence-electron chi connectivity index (χ2n) is 6.10. The van der Waals surface area contributed by atoms with E-state index >= 15 is 0 Å². The van der Waals surface area contributed by atoms with Crippen LogP contribution in [-0.4, -0.2) is 43.0 Å². The number of nitrogens with zero attached hydrogens (tertiary/aromatic N) is 1. The van der Waals surface area contributed by atoms with Gasteiger partial charge in [-0.3, -0.25) is 9.59 Å². The zero-order valence-corrected chi connectivity index (χ0v) is 15.0. The Morgan fingerprint density at radius 2 is 2.12 bits per heavy atom. The number of anilines is 1. The predicted octanol–water partition coefficient (Wildman–Crippen LogP) is 2.87. The first kappa shape index (κ1) is 17.8. The van der Waals surface area contributed by atoms with Crippen LogP contribution in [-0.2, 0) is 4.79 Å². The predicted molar refractivity (Wildman–Crippen MR) is 98.8 cm³/mol. The van der Waals surface area contributed by atoms with Crippen LogP contribution in [0.25, 0.3) is 0 Å². The first-order valence-corrected chi connectivity index (χ1v) is 8.62. The standard InChI is InChI=1S/C20H22N2O4/c1-3-22-9-10-25-18-8-7-15(12-17(18)20(22)24)21-19(23)13-26-16-6-4-5-14(2)11-16/h4-8,11-12H,3,9-10,13H2,1-2H3,(H,21,23). The average molecular weight is 354 g/mol. The van der Waals surface area contributed by atoms with E-state index < -0.39 is 0 Å². The maximum Gasteiger partial charge on any atom is 0.262 e. The van der Waals surface area contributed by atoms with Crippen LogP contribution >= 0.6 is 0 Å². The van der Waals surface area contributed by atoms with E-state index in [1.807, 2.05) is 32.0 Å². The SMILES string of the molecule is CCN1CCOc2ccc(NC(=O)COc3cccc(C)c3)cc2C1=O. The van der Waals surface area contributed by atoms with Gasteiger partial charge in [-0.05, 0) is 49.7 Å². The van der Waals surface area contributed by atoms with E-state index in [0.29, 0.717) is 42.4 Å². The third kappa shape index (κ3) is 4.14. The molecule has 0 spiro atoms. The van der Waals surface area contributed by atoms with E-state index in [-0.39, 0.29) is 18.4 Å². The van der Waals surface area contributed by atoms with Gasteiger partial charge in [-0.15, -0.1) is 0 Å². The Kier molecular flexibility index (Phi) is 5.41. The van der Waals surface area contributed by atoms with E-state index in [9.17, 15) is 9.59 Å². The van der Waals surface area contributed by atoms with Crippen molar-refractivity contribution in [3.05, 3.63) is 53.6 Å². The Morgan fingerprint density at radius 3 is 2.88 bits per heavy atom. The average Bonchev–Trinajstić information content (AvgIpc) is 2.79. The van der Waals surface area contributed by atoms with E-state index in [0.717, 1.165) is 5.56 Å². The zero-order valence-electron chi connectivity index (χ0n) is 15.0. The summed E-state index contributed by atoms with van der Waals surface area (Å²) in [6.45, 7) is 5.41. The monoisotopic (exact) mass is 354 g/mol. The highest BCUT2D eigenvalue weighted by Crippen LogP contribution is 2.26. The minimum Gasteiger partial charge on any atom is -0.491 e. The number of ether oxygens (including phenoxy) is 2. The quantitative estimate of drug-likeness (QED) is 0.896. The lowest BCUT2D eigenvalue weighted by molar-refractivity contribution is -0.118. The van der Waals surface area contributed by atoms with Gasteiger partial charge in [0.15, 0.2) is 6.61 Å². The summed E-state index contributed by atoms with van der Waals surface area (Å²) in [6.07, 6.45) is 0. The second-order valence-corrected chi connectivity index (χ2v) is 6.10. The van der Waals surface area contributed by atoms with Crippen LogP contribution in [0, 0.1) is 6.92 Å². The summed E-state index contributed by atoms with van der Waals surface area (Å²) in [5.74, 6) is 0.803. The number of hydrogen-bond donors (Lipinski definition) is 1. The third-order valence-corrected chi connectivity index (χ3v) is 4.14. The largest absolute Gasteiger partial charge is 0.491 e. The minimum atomic E-state index is -0.291. The van der Waals surface area contributed by atoms with Crippen molar-refractivity contribution in [2.24, 2.45) is 0 Å². The van der Waals surface area contributed by atoms with Crippen molar-refractivity contribution in [3.8, 4) is 11.5 Å². The fraction of sp³-hybridized carbons (Fsp3) is 0.300. The Labute approximate surface area is 152 Å². The lowest BCUT2D eigenvalue weighted by atomic mass is 10.1. The molecule has 0 fully saturated rings. The summed E-state index contributed by atoms with van der Waals surface area (Å²) in [7, 11) is 0. The van der Waals surface area contributed by atoms with Gasteiger partial charge in [-0.25, -0.2) is 0 Å². The van der Waals surface area contributed by atoms with Crippen molar-refractivity contribution in [3.63, 3.8) is 0 Å².